The second-order valence-electron chi connectivity index (χ2n) is 14.7. The molecule has 0 spiro atoms. The fourth-order valence-electron chi connectivity index (χ4n) is 7.85. The quantitative estimate of drug-likeness (QED) is 0.136. The van der Waals surface area contributed by atoms with Gasteiger partial charge >= 0.3 is 6.03 Å². The van der Waals surface area contributed by atoms with Gasteiger partial charge in [-0.25, -0.2) is 9.36 Å². The number of urea groups is 1. The van der Waals surface area contributed by atoms with Crippen molar-refractivity contribution in [3.05, 3.63) is 162 Å². The smallest absolute Gasteiger partial charge is 0.316 e. The molecule has 0 radical (unpaired) electrons. The molecule has 0 fully saturated rings. The number of amides is 2. The lowest BCUT2D eigenvalue weighted by atomic mass is 9.15. The molecule has 1 N–H and O–H groups in total. The number of imidazole rings is 1. The molecule has 0 aliphatic rings. The van der Waals surface area contributed by atoms with Gasteiger partial charge in [0.15, 0.2) is 0 Å². The molecule has 0 aliphatic carbocycles. The number of aromatic nitrogens is 2. The van der Waals surface area contributed by atoms with Gasteiger partial charge in [-0.1, -0.05) is 126 Å². The number of nitrogens with zero attached hydrogens (tertiary/aromatic N) is 3. The van der Waals surface area contributed by atoms with Crippen LogP contribution in [0.1, 0.15) is 43.0 Å². The summed E-state index contributed by atoms with van der Waals surface area (Å²) in [7, 11) is 0. The third-order valence-electron chi connectivity index (χ3n) is 10.0. The molecule has 0 bridgehead atoms. The first kappa shape index (κ1) is 34.5. The van der Waals surface area contributed by atoms with Crippen LogP contribution in [0.4, 0.5) is 10.5 Å². The van der Waals surface area contributed by atoms with Crippen molar-refractivity contribution in [2.75, 3.05) is 11.9 Å². The Bertz CT molecular complexity index is 1950. The van der Waals surface area contributed by atoms with Gasteiger partial charge in [-0.3, -0.25) is 4.57 Å². The zero-order valence-electron chi connectivity index (χ0n) is 30.5. The molecule has 2 amide bonds. The molecule has 1 heterocycles. The average Bonchev–Trinajstić information content (AvgIpc) is 3.50. The van der Waals surface area contributed by atoms with Crippen LogP contribution < -0.4 is 32.0 Å². The van der Waals surface area contributed by atoms with E-state index in [2.05, 4.69) is 178 Å². The predicted octanol–water partition coefficient (Wildman–Crippen LogP) is 6.71. The molecule has 0 aliphatic heterocycles. The van der Waals surface area contributed by atoms with Gasteiger partial charge in [0, 0.05) is 11.2 Å². The fraction of sp³-hybridized carbons (Fsp3) is 0.227. The maximum absolute atomic E-state index is 14.0. The van der Waals surface area contributed by atoms with E-state index in [0.717, 1.165) is 17.0 Å². The van der Waals surface area contributed by atoms with E-state index in [-0.39, 0.29) is 6.03 Å². The summed E-state index contributed by atoms with van der Waals surface area (Å²) in [5, 5.41) is 3.16. The number of aryl methyl sites for hydroxylation is 4. The molecule has 0 unspecified atom stereocenters. The molecule has 254 valence electrons. The number of hydrogen-bond acceptors (Lipinski definition) is 1. The number of rotatable bonds is 9. The monoisotopic (exact) mass is 660 g/mol. The number of anilines is 1. The molecule has 0 saturated carbocycles. The van der Waals surface area contributed by atoms with Crippen molar-refractivity contribution >= 4 is 40.0 Å². The van der Waals surface area contributed by atoms with Gasteiger partial charge in [0.25, 0.3) is 0 Å². The Balaban J connectivity index is 1.59. The van der Waals surface area contributed by atoms with E-state index in [0.29, 0.717) is 13.1 Å². The number of carbonyl (C=O) groups is 1. The van der Waals surface area contributed by atoms with E-state index in [1.165, 1.54) is 38.8 Å². The Morgan fingerprint density at radius 2 is 1.18 bits per heavy atom. The van der Waals surface area contributed by atoms with Crippen LogP contribution in [-0.2, 0) is 6.54 Å². The van der Waals surface area contributed by atoms with Crippen molar-refractivity contribution in [3.8, 4) is 5.69 Å². The summed E-state index contributed by atoms with van der Waals surface area (Å²) in [6, 6.07) is 45.2. The van der Waals surface area contributed by atoms with Crippen LogP contribution in [0, 0.1) is 27.7 Å². The first-order valence-corrected chi connectivity index (χ1v) is 17.7. The fourth-order valence-corrected chi connectivity index (χ4v) is 7.85. The molecule has 1 aromatic heterocycles. The molecule has 6 aromatic rings. The summed E-state index contributed by atoms with van der Waals surface area (Å²) in [5.74, 6) is 0. The normalized spacial score (nSPS) is 11.7. The van der Waals surface area contributed by atoms with E-state index >= 15 is 0 Å². The van der Waals surface area contributed by atoms with Crippen LogP contribution in [0.15, 0.2) is 140 Å². The van der Waals surface area contributed by atoms with Crippen LogP contribution in [0.5, 0.6) is 0 Å². The molecule has 5 aromatic carbocycles. The third kappa shape index (κ3) is 6.75. The van der Waals surface area contributed by atoms with Crippen LogP contribution in [0.3, 0.4) is 0 Å². The van der Waals surface area contributed by atoms with Crippen molar-refractivity contribution in [3.63, 3.8) is 0 Å². The molecule has 5 nitrogen and oxygen atoms in total. The molecule has 0 saturated heterocycles. The van der Waals surface area contributed by atoms with Gasteiger partial charge < -0.3 is 10.2 Å². The highest BCUT2D eigenvalue weighted by molar-refractivity contribution is 7.19. The lowest BCUT2D eigenvalue weighted by Crippen LogP contribution is -2.82. The van der Waals surface area contributed by atoms with E-state index < -0.39 is 11.7 Å². The second-order valence-corrected chi connectivity index (χ2v) is 14.7. The Morgan fingerprint density at radius 3 is 1.64 bits per heavy atom. The van der Waals surface area contributed by atoms with Gasteiger partial charge in [-0.2, -0.15) is 16.4 Å². The topological polar surface area (TPSA) is 41.2 Å². The number of hydrogen-bond donors (Lipinski definition) is 1. The zero-order chi connectivity index (χ0) is 35.5. The van der Waals surface area contributed by atoms with Crippen LogP contribution in [0.2, 0.25) is 0 Å². The minimum atomic E-state index is -1.73. The first-order valence-electron chi connectivity index (χ1n) is 17.7. The van der Waals surface area contributed by atoms with E-state index in [1.807, 2.05) is 29.2 Å². The molecule has 6 heteroatoms. The van der Waals surface area contributed by atoms with Crippen molar-refractivity contribution in [1.82, 2.24) is 9.47 Å². The Hall–Kier alpha value is -5.36. The van der Waals surface area contributed by atoms with E-state index in [1.54, 1.807) is 0 Å². The third-order valence-corrected chi connectivity index (χ3v) is 10.0. The summed E-state index contributed by atoms with van der Waals surface area (Å²) >= 11 is 0. The highest BCUT2D eigenvalue weighted by Gasteiger charge is 2.43. The lowest BCUT2D eigenvalue weighted by molar-refractivity contribution is -0.678. The van der Waals surface area contributed by atoms with Crippen molar-refractivity contribution in [2.45, 2.75) is 60.5 Å². The molecular formula is C44H49BN4O. The first-order chi connectivity index (χ1) is 24.0. The van der Waals surface area contributed by atoms with Gasteiger partial charge in [-0.15, -0.1) is 0 Å². The Morgan fingerprint density at radius 1 is 0.700 bits per heavy atom. The highest BCUT2D eigenvalue weighted by Crippen LogP contribution is 2.22. The summed E-state index contributed by atoms with van der Waals surface area (Å²) in [4.78, 5) is 15.9. The van der Waals surface area contributed by atoms with Gasteiger partial charge in [0.05, 0.1) is 12.3 Å². The maximum Gasteiger partial charge on any atom is 0.322 e. The van der Waals surface area contributed by atoms with Crippen molar-refractivity contribution < 1.29 is 9.36 Å². The van der Waals surface area contributed by atoms with E-state index in [4.69, 9.17) is 0 Å². The highest BCUT2D eigenvalue weighted by atomic mass is 16.2. The minimum Gasteiger partial charge on any atom is -0.316 e. The summed E-state index contributed by atoms with van der Waals surface area (Å²) in [6.07, 6.45) is 2.70. The van der Waals surface area contributed by atoms with Gasteiger partial charge in [-0.05, 0) is 71.7 Å². The second kappa shape index (κ2) is 14.2. The van der Waals surface area contributed by atoms with Crippen LogP contribution in [0.25, 0.3) is 5.69 Å². The molecule has 0 atom stereocenters. The van der Waals surface area contributed by atoms with Crippen LogP contribution >= 0.6 is 0 Å². The van der Waals surface area contributed by atoms with Crippen molar-refractivity contribution in [2.24, 2.45) is 0 Å². The summed E-state index contributed by atoms with van der Waals surface area (Å²) in [5.41, 5.74) is 11.3. The summed E-state index contributed by atoms with van der Waals surface area (Å²) < 4.78 is 4.81. The number of carbonyl (C=O) groups excluding carboxylic acids is 1. The molecular weight excluding hydrogens is 611 g/mol. The summed E-state index contributed by atoms with van der Waals surface area (Å²) in [6.45, 7) is 16.0. The number of nitrogens with one attached hydrogen (secondary N) is 1. The molecule has 6 rings (SSSR count). The lowest BCUT2D eigenvalue weighted by Gasteiger charge is -2.41. The van der Waals surface area contributed by atoms with Crippen LogP contribution in [-0.4, -0.2) is 33.7 Å². The average molecular weight is 661 g/mol. The number of benzene rings is 5. The Kier molecular flexibility index (Phi) is 9.83. The van der Waals surface area contributed by atoms with E-state index in [9.17, 15) is 4.79 Å². The largest absolute Gasteiger partial charge is 0.322 e. The zero-order valence-corrected chi connectivity index (χ0v) is 30.5. The van der Waals surface area contributed by atoms with Gasteiger partial charge in [0.1, 0.15) is 24.6 Å². The maximum atomic E-state index is 14.0. The molecule has 50 heavy (non-hydrogen) atoms. The standard InChI is InChI=1S/C44H49BN4O/c1-33-23-25-40(26-24-33)46-43(50)49(44(5,6)7)30-28-47-27-29-48(41-35(3)31-34(2)32-36(41)4)42(47)45(37-17-11-8-12-18-37,38-19-13-9-14-20-38)39-21-15-10-16-22-39/h8-27,29,31-32H,28,30H2,1-7H3,(H,46,50). The van der Waals surface area contributed by atoms with Crippen molar-refractivity contribution in [1.29, 1.82) is 0 Å². The van der Waals surface area contributed by atoms with Gasteiger partial charge in [0.2, 0.25) is 6.15 Å². The predicted molar refractivity (Wildman–Crippen MR) is 210 cm³/mol. The minimum absolute atomic E-state index is 0.112. The SMILES string of the molecule is Cc1ccc(NC(=O)N(CC[n+]2ccn(-c3c(C)cc(C)cc3C)c2[B-](c2ccccc2)(c2ccccc2)c2ccccc2)C(C)(C)C)cc1. The Labute approximate surface area is 298 Å².